The van der Waals surface area contributed by atoms with Crippen molar-refractivity contribution in [2.24, 2.45) is 0 Å². The molecule has 0 unspecified atom stereocenters. The molecule has 3 aliphatic rings. The summed E-state index contributed by atoms with van der Waals surface area (Å²) in [6.07, 6.45) is -3.55. The molecule has 0 radical (unpaired) electrons. The van der Waals surface area contributed by atoms with Gasteiger partial charge in [-0.2, -0.15) is 0 Å². The molecule has 11 nitrogen and oxygen atoms in total. The number of hydroxylamine groups is 2. The SMILES string of the molecule is CC(=O)OC[C@@H](OC(C)=O)[C@H]1O[C@H](N2OCC[C@H]2C(=O)OCc2ccccc2)[C@H]2OC(C)(C)O[C@@H]12. The van der Waals surface area contributed by atoms with Crippen LogP contribution in [0.4, 0.5) is 0 Å². The molecule has 3 saturated heterocycles. The second-order valence-corrected chi connectivity index (χ2v) is 9.10. The average molecular weight is 494 g/mol. The van der Waals surface area contributed by atoms with Gasteiger partial charge in [-0.3, -0.25) is 19.2 Å². The molecular weight excluding hydrogens is 462 g/mol. The van der Waals surface area contributed by atoms with E-state index in [0.29, 0.717) is 6.42 Å². The molecule has 0 bridgehead atoms. The van der Waals surface area contributed by atoms with Crippen molar-refractivity contribution in [3.63, 3.8) is 0 Å². The lowest BCUT2D eigenvalue weighted by atomic mass is 10.1. The number of nitrogens with zero attached hydrogens (tertiary/aromatic N) is 1. The van der Waals surface area contributed by atoms with Crippen LogP contribution in [0, 0.1) is 0 Å². The van der Waals surface area contributed by atoms with Crippen LogP contribution >= 0.6 is 0 Å². The third-order valence-corrected chi connectivity index (χ3v) is 5.89. The minimum absolute atomic E-state index is 0.133. The number of carbonyl (C=O) groups excluding carboxylic acids is 3. The van der Waals surface area contributed by atoms with E-state index in [2.05, 4.69) is 0 Å². The molecule has 0 saturated carbocycles. The van der Waals surface area contributed by atoms with Gasteiger partial charge in [0.15, 0.2) is 18.1 Å². The van der Waals surface area contributed by atoms with Crippen LogP contribution in [0.1, 0.15) is 39.7 Å². The molecule has 3 aliphatic heterocycles. The number of fused-ring (bicyclic) bond motifs is 1. The van der Waals surface area contributed by atoms with Crippen LogP contribution in [-0.2, 0) is 54.2 Å². The largest absolute Gasteiger partial charge is 0.462 e. The summed E-state index contributed by atoms with van der Waals surface area (Å²) in [6.45, 7) is 6.22. The number of rotatable bonds is 8. The monoisotopic (exact) mass is 493 g/mol. The minimum atomic E-state index is -0.957. The molecule has 0 aliphatic carbocycles. The zero-order valence-electron chi connectivity index (χ0n) is 20.2. The van der Waals surface area contributed by atoms with Crippen molar-refractivity contribution < 1.29 is 47.6 Å². The number of benzene rings is 1. The van der Waals surface area contributed by atoms with Gasteiger partial charge >= 0.3 is 17.9 Å². The topological polar surface area (TPSA) is 119 Å². The summed E-state index contributed by atoms with van der Waals surface area (Å²) in [5.74, 6) is -2.50. The second-order valence-electron chi connectivity index (χ2n) is 9.10. The molecule has 11 heteroatoms. The van der Waals surface area contributed by atoms with Crippen molar-refractivity contribution in [1.82, 2.24) is 5.06 Å². The molecule has 0 amide bonds. The number of ether oxygens (including phenoxy) is 6. The quantitative estimate of drug-likeness (QED) is 0.387. The standard InChI is InChI=1S/C24H31NO10/c1-14(26)29-13-18(32-15(2)27)19-20-21(35-24(3,4)34-20)22(33-19)25-17(10-11-31-25)23(28)30-12-16-8-6-5-7-9-16/h5-9,17-22H,10-13H2,1-4H3/t17-,18+,19+,20-,21-,22-/m0/s1. The summed E-state index contributed by atoms with van der Waals surface area (Å²) in [5, 5.41) is 1.44. The van der Waals surface area contributed by atoms with Crippen LogP contribution in [0.2, 0.25) is 0 Å². The second kappa shape index (κ2) is 10.6. The van der Waals surface area contributed by atoms with Gasteiger partial charge in [0.2, 0.25) is 0 Å². The molecule has 0 spiro atoms. The van der Waals surface area contributed by atoms with E-state index in [1.54, 1.807) is 13.8 Å². The number of hydrogen-bond donors (Lipinski definition) is 0. The van der Waals surface area contributed by atoms with Gasteiger partial charge in [-0.25, -0.2) is 0 Å². The van der Waals surface area contributed by atoms with Crippen LogP contribution in [-0.4, -0.2) is 78.7 Å². The highest BCUT2D eigenvalue weighted by atomic mass is 16.8. The Labute approximate surface area is 203 Å². The first-order valence-electron chi connectivity index (χ1n) is 11.6. The van der Waals surface area contributed by atoms with Crippen molar-refractivity contribution in [1.29, 1.82) is 0 Å². The van der Waals surface area contributed by atoms with Gasteiger partial charge in [0.05, 0.1) is 6.61 Å². The Hall–Kier alpha value is -2.57. The van der Waals surface area contributed by atoms with E-state index in [4.69, 9.17) is 33.3 Å². The van der Waals surface area contributed by atoms with Gasteiger partial charge in [-0.05, 0) is 19.4 Å². The Balaban J connectivity index is 1.51. The zero-order chi connectivity index (χ0) is 25.2. The maximum Gasteiger partial charge on any atom is 0.326 e. The summed E-state index contributed by atoms with van der Waals surface area (Å²) >= 11 is 0. The highest BCUT2D eigenvalue weighted by Gasteiger charge is 2.61. The van der Waals surface area contributed by atoms with E-state index < -0.39 is 60.4 Å². The Morgan fingerprint density at radius 3 is 2.46 bits per heavy atom. The van der Waals surface area contributed by atoms with Crippen LogP contribution < -0.4 is 0 Å². The Morgan fingerprint density at radius 1 is 1.06 bits per heavy atom. The smallest absolute Gasteiger partial charge is 0.326 e. The Bertz CT molecular complexity index is 922. The van der Waals surface area contributed by atoms with Crippen LogP contribution in [0.5, 0.6) is 0 Å². The van der Waals surface area contributed by atoms with E-state index in [1.165, 1.54) is 18.9 Å². The van der Waals surface area contributed by atoms with Crippen LogP contribution in [0.15, 0.2) is 30.3 Å². The first kappa shape index (κ1) is 25.5. The van der Waals surface area contributed by atoms with Gasteiger partial charge in [-0.1, -0.05) is 30.3 Å². The molecule has 6 atom stereocenters. The molecule has 1 aromatic rings. The summed E-state index contributed by atoms with van der Waals surface area (Å²) in [5.41, 5.74) is 0.868. The molecule has 0 N–H and O–H groups in total. The highest BCUT2D eigenvalue weighted by molar-refractivity contribution is 5.76. The van der Waals surface area contributed by atoms with Crippen LogP contribution in [0.25, 0.3) is 0 Å². The van der Waals surface area contributed by atoms with Crippen molar-refractivity contribution in [2.75, 3.05) is 13.2 Å². The third-order valence-electron chi connectivity index (χ3n) is 5.89. The maximum atomic E-state index is 12.9. The summed E-state index contributed by atoms with van der Waals surface area (Å²) in [4.78, 5) is 41.9. The number of esters is 3. The summed E-state index contributed by atoms with van der Waals surface area (Å²) in [6, 6.07) is 8.64. The van der Waals surface area contributed by atoms with Gasteiger partial charge in [0.25, 0.3) is 0 Å². The highest BCUT2D eigenvalue weighted by Crippen LogP contribution is 2.43. The first-order chi connectivity index (χ1) is 16.6. The normalized spacial score (nSPS) is 30.5. The van der Waals surface area contributed by atoms with Gasteiger partial charge in [-0.15, -0.1) is 5.06 Å². The van der Waals surface area contributed by atoms with Crippen molar-refractivity contribution in [2.45, 2.75) is 83.2 Å². The molecule has 35 heavy (non-hydrogen) atoms. The number of carbonyl (C=O) groups is 3. The average Bonchev–Trinajstić information content (AvgIpc) is 3.48. The summed E-state index contributed by atoms with van der Waals surface area (Å²) in [7, 11) is 0. The first-order valence-corrected chi connectivity index (χ1v) is 11.6. The molecule has 192 valence electrons. The van der Waals surface area contributed by atoms with Crippen molar-refractivity contribution in [3.8, 4) is 0 Å². The van der Waals surface area contributed by atoms with Crippen LogP contribution in [0.3, 0.4) is 0 Å². The van der Waals surface area contributed by atoms with Gasteiger partial charge in [0.1, 0.15) is 37.6 Å². The lowest BCUT2D eigenvalue weighted by molar-refractivity contribution is -0.281. The fourth-order valence-corrected chi connectivity index (χ4v) is 4.50. The third kappa shape index (κ3) is 5.99. The number of hydrogen-bond acceptors (Lipinski definition) is 11. The lowest BCUT2D eigenvalue weighted by Crippen LogP contribution is -2.49. The molecule has 3 heterocycles. The molecule has 4 rings (SSSR count). The zero-order valence-corrected chi connectivity index (χ0v) is 20.2. The van der Waals surface area contributed by atoms with E-state index in [1.807, 2.05) is 30.3 Å². The van der Waals surface area contributed by atoms with Gasteiger partial charge in [0, 0.05) is 20.3 Å². The fourth-order valence-electron chi connectivity index (χ4n) is 4.50. The predicted molar refractivity (Wildman–Crippen MR) is 117 cm³/mol. The Kier molecular flexibility index (Phi) is 7.72. The predicted octanol–water partition coefficient (Wildman–Crippen LogP) is 1.48. The summed E-state index contributed by atoms with van der Waals surface area (Å²) < 4.78 is 34.4. The van der Waals surface area contributed by atoms with Crippen molar-refractivity contribution >= 4 is 17.9 Å². The molecule has 1 aromatic carbocycles. The van der Waals surface area contributed by atoms with E-state index >= 15 is 0 Å². The van der Waals surface area contributed by atoms with Crippen molar-refractivity contribution in [3.05, 3.63) is 35.9 Å². The van der Waals surface area contributed by atoms with E-state index in [0.717, 1.165) is 5.56 Å². The molecule has 3 fully saturated rings. The Morgan fingerprint density at radius 2 is 1.77 bits per heavy atom. The molecular formula is C24H31NO10. The molecule has 0 aromatic heterocycles. The van der Waals surface area contributed by atoms with E-state index in [9.17, 15) is 14.4 Å². The van der Waals surface area contributed by atoms with E-state index in [-0.39, 0.29) is 19.8 Å². The minimum Gasteiger partial charge on any atom is -0.462 e. The maximum absolute atomic E-state index is 12.9. The lowest BCUT2D eigenvalue weighted by Gasteiger charge is -2.32. The fraction of sp³-hybridized carbons (Fsp3) is 0.625. The van der Waals surface area contributed by atoms with Gasteiger partial charge < -0.3 is 28.4 Å².